The number of thiophene rings is 1. The molecule has 1 unspecified atom stereocenters. The Hall–Kier alpha value is -0.830. The van der Waals surface area contributed by atoms with Gasteiger partial charge < -0.3 is 5.32 Å². The number of aryl methyl sites for hydroxylation is 2. The Kier molecular flexibility index (Phi) is 2.97. The SMILES string of the molecule is CC1(C)CCC(NC(=O)c2cc3c(s2)CCC3)C1. The largest absolute Gasteiger partial charge is 0.349 e. The summed E-state index contributed by atoms with van der Waals surface area (Å²) >= 11 is 1.70. The number of carbonyl (C=O) groups is 1. The Bertz CT molecular complexity index is 453. The zero-order valence-electron chi connectivity index (χ0n) is 11.2. The van der Waals surface area contributed by atoms with Crippen LogP contribution in [-0.4, -0.2) is 11.9 Å². The van der Waals surface area contributed by atoms with Crippen LogP contribution in [0, 0.1) is 5.41 Å². The standard InChI is InChI=1S/C15H21NOS/c1-15(2)7-6-11(9-15)16-14(17)13-8-10-4-3-5-12(10)18-13/h8,11H,3-7,9H2,1-2H3,(H,16,17). The molecule has 0 spiro atoms. The number of hydrogen-bond acceptors (Lipinski definition) is 2. The molecule has 3 rings (SSSR count). The van der Waals surface area contributed by atoms with Gasteiger partial charge in [0.15, 0.2) is 0 Å². The second kappa shape index (κ2) is 4.37. The molecule has 1 saturated carbocycles. The van der Waals surface area contributed by atoms with Gasteiger partial charge in [0.2, 0.25) is 0 Å². The quantitative estimate of drug-likeness (QED) is 0.868. The third-order valence-electron chi connectivity index (χ3n) is 4.27. The van der Waals surface area contributed by atoms with Gasteiger partial charge in [-0.1, -0.05) is 13.8 Å². The number of hydrogen-bond donors (Lipinski definition) is 1. The first-order valence-electron chi connectivity index (χ1n) is 6.96. The van der Waals surface area contributed by atoms with E-state index in [9.17, 15) is 4.79 Å². The summed E-state index contributed by atoms with van der Waals surface area (Å²) in [5.41, 5.74) is 1.81. The highest BCUT2D eigenvalue weighted by molar-refractivity contribution is 7.14. The monoisotopic (exact) mass is 263 g/mol. The van der Waals surface area contributed by atoms with Crippen LogP contribution in [0.3, 0.4) is 0 Å². The molecule has 0 aliphatic heterocycles. The van der Waals surface area contributed by atoms with Crippen LogP contribution in [0.15, 0.2) is 6.07 Å². The van der Waals surface area contributed by atoms with Gasteiger partial charge in [0.05, 0.1) is 4.88 Å². The number of amides is 1. The first-order valence-corrected chi connectivity index (χ1v) is 7.78. The zero-order valence-corrected chi connectivity index (χ0v) is 12.0. The van der Waals surface area contributed by atoms with E-state index in [1.54, 1.807) is 11.3 Å². The minimum atomic E-state index is 0.150. The Morgan fingerprint density at radius 1 is 1.44 bits per heavy atom. The van der Waals surface area contributed by atoms with Crippen LogP contribution in [-0.2, 0) is 12.8 Å². The van der Waals surface area contributed by atoms with Crippen molar-refractivity contribution < 1.29 is 4.79 Å². The molecule has 1 atom stereocenters. The zero-order chi connectivity index (χ0) is 12.8. The maximum atomic E-state index is 12.2. The molecule has 2 aliphatic carbocycles. The molecule has 2 aliphatic rings. The van der Waals surface area contributed by atoms with E-state index in [1.165, 1.54) is 29.7 Å². The summed E-state index contributed by atoms with van der Waals surface area (Å²) in [7, 11) is 0. The van der Waals surface area contributed by atoms with Crippen molar-refractivity contribution in [2.45, 2.75) is 58.4 Å². The average molecular weight is 263 g/mol. The summed E-state index contributed by atoms with van der Waals surface area (Å²) in [6, 6.07) is 2.49. The van der Waals surface area contributed by atoms with Crippen molar-refractivity contribution in [1.29, 1.82) is 0 Å². The van der Waals surface area contributed by atoms with Gasteiger partial charge in [-0.3, -0.25) is 4.79 Å². The summed E-state index contributed by atoms with van der Waals surface area (Å²) in [5.74, 6) is 0.150. The molecular weight excluding hydrogens is 242 g/mol. The van der Waals surface area contributed by atoms with E-state index in [1.807, 2.05) is 0 Å². The first kappa shape index (κ1) is 12.2. The van der Waals surface area contributed by atoms with Crippen molar-refractivity contribution >= 4 is 17.2 Å². The Balaban J connectivity index is 1.64. The summed E-state index contributed by atoms with van der Waals surface area (Å²) in [6.07, 6.45) is 7.06. The highest BCUT2D eigenvalue weighted by Gasteiger charge is 2.32. The highest BCUT2D eigenvalue weighted by Crippen LogP contribution is 2.37. The van der Waals surface area contributed by atoms with Gasteiger partial charge in [0, 0.05) is 10.9 Å². The molecule has 3 heteroatoms. The van der Waals surface area contributed by atoms with Gasteiger partial charge in [-0.15, -0.1) is 11.3 Å². The lowest BCUT2D eigenvalue weighted by atomic mass is 9.92. The predicted molar refractivity (Wildman–Crippen MR) is 75.2 cm³/mol. The average Bonchev–Trinajstić information content (AvgIpc) is 2.91. The number of nitrogens with one attached hydrogen (secondary N) is 1. The van der Waals surface area contributed by atoms with Crippen LogP contribution in [0.5, 0.6) is 0 Å². The topological polar surface area (TPSA) is 29.1 Å². The van der Waals surface area contributed by atoms with Crippen molar-refractivity contribution in [1.82, 2.24) is 5.32 Å². The van der Waals surface area contributed by atoms with E-state index in [0.29, 0.717) is 11.5 Å². The first-order chi connectivity index (χ1) is 8.53. The lowest BCUT2D eigenvalue weighted by molar-refractivity contribution is 0.0940. The minimum Gasteiger partial charge on any atom is -0.349 e. The molecule has 1 aromatic rings. The Morgan fingerprint density at radius 2 is 2.28 bits per heavy atom. The summed E-state index contributed by atoms with van der Waals surface area (Å²) in [6.45, 7) is 4.58. The molecular formula is C15H21NOS. The second-order valence-corrected chi connectivity index (χ2v) is 7.63. The molecule has 18 heavy (non-hydrogen) atoms. The van der Waals surface area contributed by atoms with Gasteiger partial charge in [-0.25, -0.2) is 0 Å². The van der Waals surface area contributed by atoms with Crippen LogP contribution < -0.4 is 5.32 Å². The van der Waals surface area contributed by atoms with E-state index >= 15 is 0 Å². The maximum Gasteiger partial charge on any atom is 0.261 e. The molecule has 1 amide bonds. The fourth-order valence-electron chi connectivity index (χ4n) is 3.26. The highest BCUT2D eigenvalue weighted by atomic mass is 32.1. The van der Waals surface area contributed by atoms with Gasteiger partial charge in [0.25, 0.3) is 5.91 Å². The van der Waals surface area contributed by atoms with E-state index in [0.717, 1.165) is 24.1 Å². The van der Waals surface area contributed by atoms with Crippen LogP contribution in [0.4, 0.5) is 0 Å². The fourth-order valence-corrected chi connectivity index (χ4v) is 4.41. The van der Waals surface area contributed by atoms with Crippen molar-refractivity contribution in [3.8, 4) is 0 Å². The lowest BCUT2D eigenvalue weighted by Crippen LogP contribution is -2.33. The second-order valence-electron chi connectivity index (χ2n) is 6.49. The van der Waals surface area contributed by atoms with Crippen molar-refractivity contribution in [3.05, 3.63) is 21.4 Å². The third kappa shape index (κ3) is 2.33. The summed E-state index contributed by atoms with van der Waals surface area (Å²) in [5, 5.41) is 3.21. The smallest absolute Gasteiger partial charge is 0.261 e. The number of rotatable bonds is 2. The molecule has 2 nitrogen and oxygen atoms in total. The van der Waals surface area contributed by atoms with Crippen molar-refractivity contribution in [2.24, 2.45) is 5.41 Å². The van der Waals surface area contributed by atoms with Crippen molar-refractivity contribution in [2.75, 3.05) is 0 Å². The summed E-state index contributed by atoms with van der Waals surface area (Å²) in [4.78, 5) is 14.6. The predicted octanol–water partition coefficient (Wildman–Crippen LogP) is 3.55. The molecule has 1 aromatic heterocycles. The maximum absolute atomic E-state index is 12.2. The minimum absolute atomic E-state index is 0.150. The fraction of sp³-hybridized carbons (Fsp3) is 0.667. The van der Waals surface area contributed by atoms with Crippen LogP contribution in [0.2, 0.25) is 0 Å². The molecule has 0 radical (unpaired) electrons. The van der Waals surface area contributed by atoms with Gasteiger partial charge in [0.1, 0.15) is 0 Å². The van der Waals surface area contributed by atoms with E-state index in [2.05, 4.69) is 25.2 Å². The third-order valence-corrected chi connectivity index (χ3v) is 5.51. The molecule has 1 heterocycles. The lowest BCUT2D eigenvalue weighted by Gasteiger charge is -2.17. The van der Waals surface area contributed by atoms with E-state index in [4.69, 9.17) is 0 Å². The van der Waals surface area contributed by atoms with Gasteiger partial charge >= 0.3 is 0 Å². The van der Waals surface area contributed by atoms with Gasteiger partial charge in [-0.05, 0) is 55.6 Å². The molecule has 1 fully saturated rings. The van der Waals surface area contributed by atoms with Crippen LogP contribution in [0.1, 0.15) is 59.6 Å². The number of fused-ring (bicyclic) bond motifs is 1. The van der Waals surface area contributed by atoms with E-state index < -0.39 is 0 Å². The van der Waals surface area contributed by atoms with Crippen LogP contribution >= 0.6 is 11.3 Å². The normalized spacial score (nSPS) is 25.1. The molecule has 0 aromatic carbocycles. The molecule has 0 bridgehead atoms. The molecule has 98 valence electrons. The summed E-state index contributed by atoms with van der Waals surface area (Å²) < 4.78 is 0. The number of carbonyl (C=O) groups excluding carboxylic acids is 1. The molecule has 0 saturated heterocycles. The van der Waals surface area contributed by atoms with Crippen LogP contribution in [0.25, 0.3) is 0 Å². The Labute approximate surface area is 113 Å². The van der Waals surface area contributed by atoms with E-state index in [-0.39, 0.29) is 5.91 Å². The Morgan fingerprint density at radius 3 is 2.94 bits per heavy atom. The molecule has 1 N–H and O–H groups in total. The van der Waals surface area contributed by atoms with Crippen molar-refractivity contribution in [3.63, 3.8) is 0 Å². The van der Waals surface area contributed by atoms with Gasteiger partial charge in [-0.2, -0.15) is 0 Å².